The molecule has 1 N–H and O–H groups in total. The van der Waals surface area contributed by atoms with E-state index in [-0.39, 0.29) is 5.25 Å². The van der Waals surface area contributed by atoms with Crippen molar-refractivity contribution in [3.05, 3.63) is 29.3 Å². The van der Waals surface area contributed by atoms with Gasteiger partial charge in [0.25, 0.3) is 0 Å². The number of thioether (sulfide) groups is 1. The average Bonchev–Trinajstić information content (AvgIpc) is 2.36. The summed E-state index contributed by atoms with van der Waals surface area (Å²) < 4.78 is 39.5. The van der Waals surface area contributed by atoms with Crippen LogP contribution in [0.4, 0.5) is 13.2 Å². The number of alkyl halides is 3. The van der Waals surface area contributed by atoms with E-state index in [1.54, 1.807) is 12.1 Å². The topological polar surface area (TPSA) is 12.0 Å². The van der Waals surface area contributed by atoms with Crippen molar-refractivity contribution in [3.8, 4) is 0 Å². The molecule has 1 unspecified atom stereocenters. The number of hydrogen-bond acceptors (Lipinski definition) is 2. The summed E-state index contributed by atoms with van der Waals surface area (Å²) in [7, 11) is 0. The number of nitrogens with one attached hydrogen (secondary N) is 1. The summed E-state index contributed by atoms with van der Waals surface area (Å²) in [5, 5.41) is 3.20. The van der Waals surface area contributed by atoms with Crippen LogP contribution in [0.5, 0.6) is 0 Å². The van der Waals surface area contributed by atoms with Crippen molar-refractivity contribution in [2.75, 3.05) is 6.54 Å². The Labute approximate surface area is 123 Å². The van der Waals surface area contributed by atoms with Gasteiger partial charge >= 0.3 is 6.18 Å². The van der Waals surface area contributed by atoms with Crippen LogP contribution in [0, 0.1) is 5.92 Å². The molecule has 1 atom stereocenters. The average molecular weight is 305 g/mol. The molecule has 20 heavy (non-hydrogen) atoms. The van der Waals surface area contributed by atoms with E-state index in [1.165, 1.54) is 17.8 Å². The molecule has 1 rings (SSSR count). The SMILES string of the molecule is CCNCc1ccc(SC(C)C(C)C)c(C(F)(F)F)c1. The minimum absolute atomic E-state index is 0.149. The van der Waals surface area contributed by atoms with Gasteiger partial charge in [-0.15, -0.1) is 11.8 Å². The highest BCUT2D eigenvalue weighted by molar-refractivity contribution is 8.00. The Morgan fingerprint density at radius 3 is 2.35 bits per heavy atom. The van der Waals surface area contributed by atoms with Crippen LogP contribution in [0.3, 0.4) is 0 Å². The molecule has 0 heterocycles. The third kappa shape index (κ3) is 5.02. The van der Waals surface area contributed by atoms with Gasteiger partial charge in [-0.05, 0) is 30.2 Å². The molecule has 5 heteroatoms. The lowest BCUT2D eigenvalue weighted by atomic mass is 10.1. The largest absolute Gasteiger partial charge is 0.417 e. The molecule has 0 saturated carbocycles. The third-order valence-electron chi connectivity index (χ3n) is 3.18. The van der Waals surface area contributed by atoms with Crippen molar-refractivity contribution in [1.82, 2.24) is 5.32 Å². The lowest BCUT2D eigenvalue weighted by molar-refractivity contribution is -0.139. The summed E-state index contributed by atoms with van der Waals surface area (Å²) in [5.41, 5.74) is 0.145. The molecule has 1 aromatic rings. The molecule has 0 saturated heterocycles. The van der Waals surface area contributed by atoms with Gasteiger partial charge in [0.2, 0.25) is 0 Å². The zero-order valence-electron chi connectivity index (χ0n) is 12.3. The van der Waals surface area contributed by atoms with E-state index in [1.807, 2.05) is 27.7 Å². The Kier molecular flexibility index (Phi) is 6.40. The molecule has 0 amide bonds. The predicted octanol–water partition coefficient (Wildman–Crippen LogP) is 4.95. The van der Waals surface area contributed by atoms with Crippen LogP contribution >= 0.6 is 11.8 Å². The highest BCUT2D eigenvalue weighted by atomic mass is 32.2. The van der Waals surface area contributed by atoms with Crippen LogP contribution in [-0.2, 0) is 12.7 Å². The van der Waals surface area contributed by atoms with Crippen molar-refractivity contribution in [2.45, 2.75) is 50.6 Å². The molecule has 0 aliphatic heterocycles. The van der Waals surface area contributed by atoms with E-state index < -0.39 is 11.7 Å². The number of halogens is 3. The highest BCUT2D eigenvalue weighted by Crippen LogP contribution is 2.39. The van der Waals surface area contributed by atoms with Crippen LogP contribution in [0.1, 0.15) is 38.8 Å². The van der Waals surface area contributed by atoms with Crippen LogP contribution in [0.25, 0.3) is 0 Å². The van der Waals surface area contributed by atoms with E-state index in [2.05, 4.69) is 5.32 Å². The van der Waals surface area contributed by atoms with Crippen molar-refractivity contribution in [3.63, 3.8) is 0 Å². The molecular weight excluding hydrogens is 283 g/mol. The third-order valence-corrected chi connectivity index (χ3v) is 4.71. The summed E-state index contributed by atoms with van der Waals surface area (Å²) in [6, 6.07) is 4.63. The molecule has 1 aromatic carbocycles. The first kappa shape index (κ1) is 17.4. The Balaban J connectivity index is 3.04. The van der Waals surface area contributed by atoms with Crippen LogP contribution in [0.2, 0.25) is 0 Å². The quantitative estimate of drug-likeness (QED) is 0.746. The van der Waals surface area contributed by atoms with Gasteiger partial charge in [0, 0.05) is 16.7 Å². The minimum Gasteiger partial charge on any atom is -0.313 e. The van der Waals surface area contributed by atoms with Crippen molar-refractivity contribution < 1.29 is 13.2 Å². The second-order valence-corrected chi connectivity index (χ2v) is 6.59. The molecule has 0 aromatic heterocycles. The summed E-state index contributed by atoms with van der Waals surface area (Å²) in [4.78, 5) is 0.318. The van der Waals surface area contributed by atoms with E-state index in [9.17, 15) is 13.2 Å². The summed E-state index contributed by atoms with van der Waals surface area (Å²) in [5.74, 6) is 0.336. The fourth-order valence-corrected chi connectivity index (χ4v) is 2.74. The first-order valence-electron chi connectivity index (χ1n) is 6.83. The Bertz CT molecular complexity index is 430. The molecule has 0 aliphatic carbocycles. The molecule has 0 bridgehead atoms. The van der Waals surface area contributed by atoms with Crippen molar-refractivity contribution in [1.29, 1.82) is 0 Å². The Hall–Kier alpha value is -0.680. The van der Waals surface area contributed by atoms with Gasteiger partial charge in [0.05, 0.1) is 5.56 Å². The fraction of sp³-hybridized carbons (Fsp3) is 0.600. The predicted molar refractivity (Wildman–Crippen MR) is 79.0 cm³/mol. The lowest BCUT2D eigenvalue weighted by Gasteiger charge is -2.19. The molecule has 0 spiro atoms. The maximum absolute atomic E-state index is 13.2. The van der Waals surface area contributed by atoms with Gasteiger partial charge in [0.15, 0.2) is 0 Å². The molecule has 0 fully saturated rings. The van der Waals surface area contributed by atoms with E-state index in [0.717, 1.165) is 6.54 Å². The zero-order valence-corrected chi connectivity index (χ0v) is 13.2. The van der Waals surface area contributed by atoms with Gasteiger partial charge in [-0.2, -0.15) is 13.2 Å². The smallest absolute Gasteiger partial charge is 0.313 e. The normalized spacial score (nSPS) is 13.8. The number of hydrogen-bond donors (Lipinski definition) is 1. The molecular formula is C15H22F3NS. The highest BCUT2D eigenvalue weighted by Gasteiger charge is 2.34. The second-order valence-electron chi connectivity index (χ2n) is 5.18. The van der Waals surface area contributed by atoms with Gasteiger partial charge in [0.1, 0.15) is 0 Å². The molecule has 0 radical (unpaired) electrons. The Morgan fingerprint density at radius 1 is 1.20 bits per heavy atom. The molecule has 0 aliphatic rings. The lowest BCUT2D eigenvalue weighted by Crippen LogP contribution is -2.14. The zero-order chi connectivity index (χ0) is 15.3. The summed E-state index contributed by atoms with van der Waals surface area (Å²) >= 11 is 1.30. The second kappa shape index (κ2) is 7.36. The van der Waals surface area contributed by atoms with Crippen molar-refractivity contribution >= 4 is 11.8 Å². The van der Waals surface area contributed by atoms with Gasteiger partial charge < -0.3 is 5.32 Å². The number of benzene rings is 1. The summed E-state index contributed by atoms with van der Waals surface area (Å²) in [6.45, 7) is 9.13. The van der Waals surface area contributed by atoms with Gasteiger partial charge in [-0.1, -0.05) is 33.8 Å². The van der Waals surface area contributed by atoms with Crippen LogP contribution < -0.4 is 5.32 Å². The van der Waals surface area contributed by atoms with Gasteiger partial charge in [-0.3, -0.25) is 0 Å². The fourth-order valence-electron chi connectivity index (χ4n) is 1.62. The van der Waals surface area contributed by atoms with E-state index >= 15 is 0 Å². The first-order valence-corrected chi connectivity index (χ1v) is 7.71. The molecule has 114 valence electrons. The van der Waals surface area contributed by atoms with Crippen LogP contribution in [0.15, 0.2) is 23.1 Å². The minimum atomic E-state index is -4.30. The first-order chi connectivity index (χ1) is 9.25. The van der Waals surface area contributed by atoms with Crippen LogP contribution in [-0.4, -0.2) is 11.8 Å². The summed E-state index contributed by atoms with van der Waals surface area (Å²) in [6.07, 6.45) is -4.30. The monoisotopic (exact) mass is 305 g/mol. The van der Waals surface area contributed by atoms with Gasteiger partial charge in [-0.25, -0.2) is 0 Å². The standard InChI is InChI=1S/C15H22F3NS/c1-5-19-9-12-6-7-14(20-11(4)10(2)3)13(8-12)15(16,17)18/h6-8,10-11,19H,5,9H2,1-4H3. The van der Waals surface area contributed by atoms with E-state index in [0.29, 0.717) is 22.9 Å². The van der Waals surface area contributed by atoms with E-state index in [4.69, 9.17) is 0 Å². The maximum atomic E-state index is 13.2. The maximum Gasteiger partial charge on any atom is 0.417 e. The molecule has 1 nitrogen and oxygen atoms in total. The Morgan fingerprint density at radius 2 is 1.85 bits per heavy atom. The van der Waals surface area contributed by atoms with Crippen molar-refractivity contribution in [2.24, 2.45) is 5.92 Å². The number of rotatable bonds is 6.